The van der Waals surface area contributed by atoms with E-state index in [2.05, 4.69) is 82.3 Å². The van der Waals surface area contributed by atoms with Gasteiger partial charge in [-0.25, -0.2) is 0 Å². The van der Waals surface area contributed by atoms with Crippen LogP contribution in [-0.4, -0.2) is 9.55 Å². The average Bonchev–Trinajstić information content (AvgIpc) is 3.32. The number of hydrogen-bond donors (Lipinski definition) is 0. The summed E-state index contributed by atoms with van der Waals surface area (Å²) in [4.78, 5) is 4.12. The Balaban J connectivity index is 1.54. The van der Waals surface area contributed by atoms with Crippen molar-refractivity contribution in [1.82, 2.24) is 9.55 Å². The zero-order valence-corrected chi connectivity index (χ0v) is 15.6. The van der Waals surface area contributed by atoms with Crippen LogP contribution in [0.15, 0.2) is 97.3 Å². The predicted molar refractivity (Wildman–Crippen MR) is 121 cm³/mol. The van der Waals surface area contributed by atoms with E-state index in [0.29, 0.717) is 0 Å². The number of benzene rings is 4. The summed E-state index contributed by atoms with van der Waals surface area (Å²) in [6.07, 6.45) is 3.68. The first-order chi connectivity index (χ1) is 14.4. The van der Waals surface area contributed by atoms with Gasteiger partial charge in [0.15, 0.2) is 0 Å². The summed E-state index contributed by atoms with van der Waals surface area (Å²) in [6, 6.07) is 30.8. The Morgan fingerprint density at radius 3 is 2.03 bits per heavy atom. The molecule has 0 bridgehead atoms. The average molecular weight is 368 g/mol. The maximum absolute atomic E-state index is 4.12. The van der Waals surface area contributed by atoms with Gasteiger partial charge in [0.05, 0.1) is 11.0 Å². The highest BCUT2D eigenvalue weighted by molar-refractivity contribution is 6.33. The Kier molecular flexibility index (Phi) is 2.77. The fraction of sp³-hybridized carbons (Fsp3) is 0. The molecule has 7 rings (SSSR count). The smallest absolute Gasteiger partial charge is 0.0547 e. The van der Waals surface area contributed by atoms with Crippen molar-refractivity contribution < 1.29 is 0 Å². The molecule has 2 heteroatoms. The molecule has 2 nitrogen and oxygen atoms in total. The summed E-state index contributed by atoms with van der Waals surface area (Å²) in [5.41, 5.74) is 8.86. The van der Waals surface area contributed by atoms with E-state index in [-0.39, 0.29) is 0 Å². The number of fused-ring (bicyclic) bond motifs is 1. The van der Waals surface area contributed by atoms with Crippen molar-refractivity contribution >= 4 is 32.6 Å². The number of rotatable bonds is 2. The highest BCUT2D eigenvalue weighted by Gasteiger charge is 2.24. The van der Waals surface area contributed by atoms with E-state index in [9.17, 15) is 0 Å². The fourth-order valence-electron chi connectivity index (χ4n) is 5.00. The maximum Gasteiger partial charge on any atom is 0.0547 e. The van der Waals surface area contributed by atoms with E-state index in [1.165, 1.54) is 60.5 Å². The second-order valence-corrected chi connectivity index (χ2v) is 7.68. The first-order valence-corrected chi connectivity index (χ1v) is 9.90. The van der Waals surface area contributed by atoms with Crippen LogP contribution in [0.2, 0.25) is 0 Å². The van der Waals surface area contributed by atoms with E-state index in [1.54, 1.807) is 0 Å². The molecule has 4 aromatic carbocycles. The molecular weight excluding hydrogens is 352 g/mol. The lowest BCUT2D eigenvalue weighted by Crippen LogP contribution is -1.94. The lowest BCUT2D eigenvalue weighted by Gasteiger charge is -2.12. The van der Waals surface area contributed by atoms with Gasteiger partial charge in [0.25, 0.3) is 0 Å². The van der Waals surface area contributed by atoms with Gasteiger partial charge in [0, 0.05) is 28.9 Å². The monoisotopic (exact) mass is 368 g/mol. The topological polar surface area (TPSA) is 17.8 Å². The van der Waals surface area contributed by atoms with Crippen LogP contribution in [0, 0.1) is 0 Å². The predicted octanol–water partition coefficient (Wildman–Crippen LogP) is 6.98. The molecule has 1 aliphatic rings. The van der Waals surface area contributed by atoms with Crippen molar-refractivity contribution in [3.8, 4) is 27.9 Å². The molecule has 0 saturated carbocycles. The first kappa shape index (κ1) is 15.1. The fourth-order valence-corrected chi connectivity index (χ4v) is 5.00. The zero-order valence-electron chi connectivity index (χ0n) is 15.6. The molecule has 0 amide bonds. The quantitative estimate of drug-likeness (QED) is 0.322. The zero-order chi connectivity index (χ0) is 18.9. The lowest BCUT2D eigenvalue weighted by atomic mass is 10.0. The first-order valence-electron chi connectivity index (χ1n) is 9.90. The number of pyridine rings is 1. The third-order valence-corrected chi connectivity index (χ3v) is 6.23. The Morgan fingerprint density at radius 1 is 0.517 bits per heavy atom. The van der Waals surface area contributed by atoms with Crippen LogP contribution >= 0.6 is 0 Å². The van der Waals surface area contributed by atoms with Crippen LogP contribution in [0.1, 0.15) is 0 Å². The third kappa shape index (κ3) is 1.88. The summed E-state index contributed by atoms with van der Waals surface area (Å²) >= 11 is 0. The van der Waals surface area contributed by atoms with Crippen LogP contribution in [0.25, 0.3) is 60.5 Å². The Morgan fingerprint density at radius 2 is 1.21 bits per heavy atom. The van der Waals surface area contributed by atoms with E-state index < -0.39 is 0 Å². The highest BCUT2D eigenvalue weighted by atomic mass is 15.0. The summed E-state index contributed by atoms with van der Waals surface area (Å²) < 4.78 is 2.40. The van der Waals surface area contributed by atoms with Gasteiger partial charge in [0.1, 0.15) is 0 Å². The SMILES string of the molecule is c1cc2c3c(c1)ccc1c3c3c-2cccc3n1-c1ccc(-c2ccncc2)cc1. The molecule has 0 unspecified atom stereocenters. The van der Waals surface area contributed by atoms with Crippen molar-refractivity contribution in [3.63, 3.8) is 0 Å². The molecule has 0 radical (unpaired) electrons. The van der Waals surface area contributed by atoms with Crippen molar-refractivity contribution in [2.75, 3.05) is 0 Å². The Labute approximate surface area is 167 Å². The number of hydrogen-bond acceptors (Lipinski definition) is 1. The molecule has 29 heavy (non-hydrogen) atoms. The normalized spacial score (nSPS) is 12.1. The second-order valence-electron chi connectivity index (χ2n) is 7.68. The van der Waals surface area contributed by atoms with E-state index >= 15 is 0 Å². The van der Waals surface area contributed by atoms with Crippen LogP contribution in [0.4, 0.5) is 0 Å². The standard InChI is InChI=1S/C27H16N2/c1-3-19-9-12-24-27-25(19)21(4-1)22-5-2-6-23(26(22)27)29(24)20-10-7-17(8-11-20)18-13-15-28-16-14-18/h1-16H. The molecule has 6 aromatic rings. The van der Waals surface area contributed by atoms with Crippen molar-refractivity contribution in [3.05, 3.63) is 97.3 Å². The molecule has 134 valence electrons. The number of nitrogens with zero attached hydrogens (tertiary/aromatic N) is 2. The maximum atomic E-state index is 4.12. The van der Waals surface area contributed by atoms with E-state index in [4.69, 9.17) is 0 Å². The van der Waals surface area contributed by atoms with Crippen LogP contribution < -0.4 is 0 Å². The molecule has 0 fully saturated rings. The molecule has 0 N–H and O–H groups in total. The molecule has 2 heterocycles. The molecule has 0 saturated heterocycles. The van der Waals surface area contributed by atoms with Gasteiger partial charge in [-0.1, -0.05) is 48.5 Å². The van der Waals surface area contributed by atoms with Crippen molar-refractivity contribution in [1.29, 1.82) is 0 Å². The Bertz CT molecular complexity index is 1570. The third-order valence-electron chi connectivity index (χ3n) is 6.23. The molecule has 1 aliphatic carbocycles. The molecule has 0 aliphatic heterocycles. The summed E-state index contributed by atoms with van der Waals surface area (Å²) in [5, 5.41) is 5.48. The van der Waals surface area contributed by atoms with Gasteiger partial charge >= 0.3 is 0 Å². The highest BCUT2D eigenvalue weighted by Crippen LogP contribution is 2.49. The Hall–Kier alpha value is -3.91. The van der Waals surface area contributed by atoms with Crippen molar-refractivity contribution in [2.24, 2.45) is 0 Å². The summed E-state index contributed by atoms with van der Waals surface area (Å²) in [7, 11) is 0. The minimum absolute atomic E-state index is 1.19. The second kappa shape index (κ2) is 5.33. The minimum atomic E-state index is 1.19. The van der Waals surface area contributed by atoms with Crippen LogP contribution in [-0.2, 0) is 0 Å². The molecule has 0 spiro atoms. The molecule has 2 aromatic heterocycles. The van der Waals surface area contributed by atoms with E-state index in [0.717, 1.165) is 0 Å². The van der Waals surface area contributed by atoms with Crippen LogP contribution in [0.3, 0.4) is 0 Å². The molecular formula is C27H16N2. The van der Waals surface area contributed by atoms with Gasteiger partial charge in [0.2, 0.25) is 0 Å². The van der Waals surface area contributed by atoms with Gasteiger partial charge < -0.3 is 4.57 Å². The lowest BCUT2D eigenvalue weighted by molar-refractivity contribution is 1.18. The van der Waals surface area contributed by atoms with Gasteiger partial charge in [-0.3, -0.25) is 4.98 Å². The minimum Gasteiger partial charge on any atom is -0.309 e. The van der Waals surface area contributed by atoms with Gasteiger partial charge in [-0.2, -0.15) is 0 Å². The number of aromatic nitrogens is 2. The van der Waals surface area contributed by atoms with Gasteiger partial charge in [-0.05, 0) is 69.4 Å². The van der Waals surface area contributed by atoms with Crippen LogP contribution in [0.5, 0.6) is 0 Å². The largest absolute Gasteiger partial charge is 0.309 e. The van der Waals surface area contributed by atoms with Gasteiger partial charge in [-0.15, -0.1) is 0 Å². The molecule has 0 atom stereocenters. The van der Waals surface area contributed by atoms with E-state index in [1.807, 2.05) is 24.5 Å². The van der Waals surface area contributed by atoms with Crippen molar-refractivity contribution in [2.45, 2.75) is 0 Å². The summed E-state index contributed by atoms with van der Waals surface area (Å²) in [5.74, 6) is 0. The summed E-state index contributed by atoms with van der Waals surface area (Å²) in [6.45, 7) is 0.